The summed E-state index contributed by atoms with van der Waals surface area (Å²) >= 11 is 0. The van der Waals surface area contributed by atoms with Crippen molar-refractivity contribution in [2.24, 2.45) is 11.8 Å². The van der Waals surface area contributed by atoms with Crippen LogP contribution in [0.1, 0.15) is 13.8 Å². The fraction of sp³-hybridized carbons (Fsp3) is 0.833. The Hall–Kier alpha value is -0.660. The highest BCUT2D eigenvalue weighted by Gasteiger charge is 2.48. The van der Waals surface area contributed by atoms with E-state index in [1.807, 2.05) is 0 Å². The minimum absolute atomic E-state index is 0.0826. The third-order valence-corrected chi connectivity index (χ3v) is 3.74. The number of likely N-dealkylation sites (N-methyl/N-ethyl adjacent to an activating group) is 1. The van der Waals surface area contributed by atoms with Crippen molar-refractivity contribution in [2.45, 2.75) is 19.9 Å². The number of carbonyl (C=O) groups is 1. The van der Waals surface area contributed by atoms with Crippen molar-refractivity contribution >= 4 is 16.1 Å². The van der Waals surface area contributed by atoms with Gasteiger partial charge in [0.05, 0.1) is 0 Å². The largest absolute Gasteiger partial charge is 0.320 e. The van der Waals surface area contributed by atoms with E-state index in [4.69, 9.17) is 5.84 Å². The zero-order valence-corrected chi connectivity index (χ0v) is 8.58. The highest BCUT2D eigenvalue weighted by molar-refractivity contribution is 7.87. The second-order valence-electron chi connectivity index (χ2n) is 3.35. The fourth-order valence-electron chi connectivity index (χ4n) is 1.39. The van der Waals surface area contributed by atoms with Gasteiger partial charge in [-0.25, -0.2) is 5.84 Å². The number of hydrogen-bond acceptors (Lipinski definition) is 4. The van der Waals surface area contributed by atoms with Crippen molar-refractivity contribution in [3.8, 4) is 0 Å². The summed E-state index contributed by atoms with van der Waals surface area (Å²) in [5.74, 6) is 4.47. The monoisotopic (exact) mass is 207 g/mol. The molecule has 6 nitrogen and oxygen atoms in total. The molecule has 0 aromatic heterocycles. The molecule has 0 spiro atoms. The first kappa shape index (κ1) is 10.4. The van der Waals surface area contributed by atoms with Crippen LogP contribution in [-0.2, 0) is 15.0 Å². The highest BCUT2D eigenvalue weighted by atomic mass is 32.2. The molecule has 13 heavy (non-hydrogen) atoms. The number of rotatable bonds is 1. The van der Waals surface area contributed by atoms with E-state index >= 15 is 0 Å². The van der Waals surface area contributed by atoms with Gasteiger partial charge in [0.25, 0.3) is 5.91 Å². The zero-order chi connectivity index (χ0) is 10.4. The quantitative estimate of drug-likeness (QED) is 0.437. The predicted molar refractivity (Wildman–Crippen MR) is 46.3 cm³/mol. The van der Waals surface area contributed by atoms with Crippen LogP contribution in [-0.4, -0.2) is 36.1 Å². The molecule has 0 bridgehead atoms. The number of carbonyl (C=O) groups excluding carboxylic acids is 1. The minimum Gasteiger partial charge on any atom is -0.270 e. The van der Waals surface area contributed by atoms with Gasteiger partial charge >= 0.3 is 10.2 Å². The standard InChI is InChI=1S/C6H13N3O3S/c1-4(2)5-6(10)9(7)13(11,12)8(5)3/h4-5H,7H2,1-3H3. The van der Waals surface area contributed by atoms with Crippen molar-refractivity contribution in [3.05, 3.63) is 0 Å². The van der Waals surface area contributed by atoms with Crippen LogP contribution in [0.15, 0.2) is 0 Å². The fourth-order valence-corrected chi connectivity index (χ4v) is 2.62. The summed E-state index contributed by atoms with van der Waals surface area (Å²) in [6.07, 6.45) is 0. The Labute approximate surface area is 77.4 Å². The summed E-state index contributed by atoms with van der Waals surface area (Å²) in [5.41, 5.74) is 0. The van der Waals surface area contributed by atoms with Crippen LogP contribution in [0.25, 0.3) is 0 Å². The Balaban J connectivity index is 3.14. The molecule has 2 N–H and O–H groups in total. The lowest BCUT2D eigenvalue weighted by Crippen LogP contribution is -2.38. The molecule has 0 saturated carbocycles. The van der Waals surface area contributed by atoms with Crippen LogP contribution in [0, 0.1) is 5.92 Å². The number of nitrogens with zero attached hydrogens (tertiary/aromatic N) is 2. The summed E-state index contributed by atoms with van der Waals surface area (Å²) in [5, 5.41) is 0. The van der Waals surface area contributed by atoms with E-state index in [1.165, 1.54) is 7.05 Å². The summed E-state index contributed by atoms with van der Waals surface area (Å²) in [6.45, 7) is 3.54. The van der Waals surface area contributed by atoms with Crippen molar-refractivity contribution < 1.29 is 13.2 Å². The van der Waals surface area contributed by atoms with Gasteiger partial charge in [-0.2, -0.15) is 17.1 Å². The van der Waals surface area contributed by atoms with Crippen molar-refractivity contribution in [2.75, 3.05) is 7.05 Å². The molecule has 1 aliphatic heterocycles. The number of amides is 1. The predicted octanol–water partition coefficient (Wildman–Crippen LogP) is -1.10. The Kier molecular flexibility index (Phi) is 2.35. The average molecular weight is 207 g/mol. The Bertz CT molecular complexity index is 324. The second kappa shape index (κ2) is 2.93. The van der Waals surface area contributed by atoms with Crippen LogP contribution in [0.2, 0.25) is 0 Å². The number of nitrogens with two attached hydrogens (primary N) is 1. The zero-order valence-electron chi connectivity index (χ0n) is 7.76. The van der Waals surface area contributed by atoms with E-state index in [0.29, 0.717) is 4.41 Å². The van der Waals surface area contributed by atoms with Crippen LogP contribution >= 0.6 is 0 Å². The average Bonchev–Trinajstić information content (AvgIpc) is 2.14. The van der Waals surface area contributed by atoms with Gasteiger partial charge in [0.1, 0.15) is 6.04 Å². The van der Waals surface area contributed by atoms with E-state index < -0.39 is 22.2 Å². The SMILES string of the molecule is CC(C)C1C(=O)N(N)S(=O)(=O)N1C. The van der Waals surface area contributed by atoms with Gasteiger partial charge in [-0.3, -0.25) is 4.79 Å². The summed E-state index contributed by atoms with van der Waals surface area (Å²) in [6, 6.07) is -0.671. The first-order valence-electron chi connectivity index (χ1n) is 3.87. The van der Waals surface area contributed by atoms with Gasteiger partial charge in [0, 0.05) is 7.05 Å². The molecule has 1 fully saturated rings. The topological polar surface area (TPSA) is 83.7 Å². The van der Waals surface area contributed by atoms with E-state index in [-0.39, 0.29) is 5.92 Å². The molecule has 0 aromatic rings. The molecule has 1 heterocycles. The molecule has 7 heteroatoms. The molecule has 1 unspecified atom stereocenters. The van der Waals surface area contributed by atoms with E-state index in [9.17, 15) is 13.2 Å². The maximum absolute atomic E-state index is 11.4. The van der Waals surface area contributed by atoms with Gasteiger partial charge in [-0.1, -0.05) is 13.8 Å². The Morgan fingerprint density at radius 2 is 1.92 bits per heavy atom. The smallest absolute Gasteiger partial charge is 0.270 e. The lowest BCUT2D eigenvalue weighted by Gasteiger charge is -2.16. The van der Waals surface area contributed by atoms with Gasteiger partial charge in [-0.05, 0) is 5.92 Å². The van der Waals surface area contributed by atoms with Crippen molar-refractivity contribution in [3.63, 3.8) is 0 Å². The van der Waals surface area contributed by atoms with Gasteiger partial charge in [0.15, 0.2) is 0 Å². The molecule has 1 atom stereocenters. The summed E-state index contributed by atoms with van der Waals surface area (Å²) in [7, 11) is -2.40. The van der Waals surface area contributed by atoms with Gasteiger partial charge < -0.3 is 0 Å². The molecule has 76 valence electrons. The molecule has 1 amide bonds. The maximum atomic E-state index is 11.4. The first-order valence-corrected chi connectivity index (χ1v) is 5.26. The maximum Gasteiger partial charge on any atom is 0.320 e. The third-order valence-electron chi connectivity index (χ3n) is 2.11. The molecule has 1 saturated heterocycles. The van der Waals surface area contributed by atoms with Gasteiger partial charge in [0.2, 0.25) is 0 Å². The van der Waals surface area contributed by atoms with Crippen LogP contribution < -0.4 is 5.84 Å². The minimum atomic E-state index is -3.75. The van der Waals surface area contributed by atoms with Crippen molar-refractivity contribution in [1.82, 2.24) is 8.72 Å². The molecule has 1 rings (SSSR count). The second-order valence-corrected chi connectivity index (χ2v) is 5.21. The Morgan fingerprint density at radius 3 is 2.08 bits per heavy atom. The molecule has 0 aromatic carbocycles. The van der Waals surface area contributed by atoms with Crippen LogP contribution in [0.5, 0.6) is 0 Å². The van der Waals surface area contributed by atoms with Crippen molar-refractivity contribution in [1.29, 1.82) is 0 Å². The molecule has 1 aliphatic rings. The first-order chi connectivity index (χ1) is 5.80. The molecular formula is C6H13N3O3S. The molecular weight excluding hydrogens is 194 g/mol. The van der Waals surface area contributed by atoms with E-state index in [0.717, 1.165) is 4.31 Å². The lowest BCUT2D eigenvalue weighted by molar-refractivity contribution is -0.129. The van der Waals surface area contributed by atoms with Crippen LogP contribution in [0.3, 0.4) is 0 Å². The van der Waals surface area contributed by atoms with E-state index in [2.05, 4.69) is 0 Å². The third kappa shape index (κ3) is 1.32. The molecule has 0 aliphatic carbocycles. The highest BCUT2D eigenvalue weighted by Crippen LogP contribution is 2.23. The number of hydrogen-bond donors (Lipinski definition) is 1. The summed E-state index contributed by atoms with van der Waals surface area (Å²) < 4.78 is 24.0. The van der Waals surface area contributed by atoms with Crippen LogP contribution in [0.4, 0.5) is 0 Å². The van der Waals surface area contributed by atoms with E-state index in [1.54, 1.807) is 13.8 Å². The number of hydrazine groups is 1. The Morgan fingerprint density at radius 1 is 1.46 bits per heavy atom. The molecule has 0 radical (unpaired) electrons. The normalized spacial score (nSPS) is 28.8. The summed E-state index contributed by atoms with van der Waals surface area (Å²) in [4.78, 5) is 11.4. The lowest BCUT2D eigenvalue weighted by atomic mass is 10.0. The van der Waals surface area contributed by atoms with Gasteiger partial charge in [-0.15, -0.1) is 0 Å².